The number of nitrogens with zero attached hydrogens (tertiary/aromatic N) is 2. The Hall–Kier alpha value is -2.48. The second-order valence-corrected chi connectivity index (χ2v) is 5.87. The van der Waals surface area contributed by atoms with Gasteiger partial charge in [-0.25, -0.2) is 0 Å². The fourth-order valence-corrected chi connectivity index (χ4v) is 2.51. The Labute approximate surface area is 147 Å². The van der Waals surface area contributed by atoms with E-state index in [1.165, 1.54) is 12.1 Å². The Balaban J connectivity index is 2.87. The second kappa shape index (κ2) is 10.4. The lowest BCUT2D eigenvalue weighted by molar-refractivity contribution is -0.384. The molecule has 8 nitrogen and oxygen atoms in total. The summed E-state index contributed by atoms with van der Waals surface area (Å²) in [6.07, 6.45) is 1.60. The molecule has 0 aliphatic rings. The van der Waals surface area contributed by atoms with Gasteiger partial charge in [0.15, 0.2) is 0 Å². The number of nitro benzene ring substituents is 1. The maximum Gasteiger partial charge on any atom is 0.269 e. The summed E-state index contributed by atoms with van der Waals surface area (Å²) in [5.74, 6) is -0.766. The molecule has 1 aromatic carbocycles. The van der Waals surface area contributed by atoms with Gasteiger partial charge in [0.05, 0.1) is 17.4 Å². The summed E-state index contributed by atoms with van der Waals surface area (Å²) in [4.78, 5) is 36.0. The summed E-state index contributed by atoms with van der Waals surface area (Å²) in [6, 6.07) is 5.43. The van der Waals surface area contributed by atoms with E-state index in [0.29, 0.717) is 19.6 Å². The summed E-state index contributed by atoms with van der Waals surface area (Å²) in [7, 11) is 0. The number of rotatable bonds is 11. The van der Waals surface area contributed by atoms with Crippen LogP contribution in [0, 0.1) is 10.1 Å². The lowest BCUT2D eigenvalue weighted by Crippen LogP contribution is -2.47. The zero-order valence-corrected chi connectivity index (χ0v) is 14.7. The van der Waals surface area contributed by atoms with Crippen LogP contribution in [0.3, 0.4) is 0 Å². The molecule has 0 fully saturated rings. The van der Waals surface area contributed by atoms with Gasteiger partial charge >= 0.3 is 0 Å². The largest absolute Gasteiger partial charge is 0.368 e. The average Bonchev–Trinajstić information content (AvgIpc) is 2.57. The standard InChI is InChI=1S/C17H26N4O4/c1-3-9-19-16(22)11-15(17(18)23)20(10-4-2)12-13-5-7-14(8-6-13)21(24)25/h5-8,15H,3-4,9-12H2,1-2H3,(H2,18,23)(H,19,22)/t15-/m0/s1. The molecular weight excluding hydrogens is 324 g/mol. The van der Waals surface area contributed by atoms with E-state index in [9.17, 15) is 19.7 Å². The van der Waals surface area contributed by atoms with Crippen molar-refractivity contribution < 1.29 is 14.5 Å². The Morgan fingerprint density at radius 3 is 2.36 bits per heavy atom. The molecule has 0 unspecified atom stereocenters. The van der Waals surface area contributed by atoms with Crippen LogP contribution in [0.5, 0.6) is 0 Å². The third-order valence-electron chi connectivity index (χ3n) is 3.76. The number of nitrogens with one attached hydrogen (secondary N) is 1. The molecule has 138 valence electrons. The number of benzene rings is 1. The van der Waals surface area contributed by atoms with Crippen LogP contribution in [0.25, 0.3) is 0 Å². The van der Waals surface area contributed by atoms with Crippen molar-refractivity contribution in [3.63, 3.8) is 0 Å². The molecule has 8 heteroatoms. The van der Waals surface area contributed by atoms with Crippen LogP contribution in [-0.2, 0) is 16.1 Å². The van der Waals surface area contributed by atoms with Gasteiger partial charge in [0.1, 0.15) is 0 Å². The Bertz CT molecular complexity index is 589. The molecule has 25 heavy (non-hydrogen) atoms. The predicted molar refractivity (Wildman–Crippen MR) is 94.7 cm³/mol. The molecular formula is C17H26N4O4. The minimum absolute atomic E-state index is 0.00230. The number of hydrogen-bond donors (Lipinski definition) is 2. The van der Waals surface area contributed by atoms with E-state index in [-0.39, 0.29) is 18.0 Å². The van der Waals surface area contributed by atoms with Crippen LogP contribution in [0.15, 0.2) is 24.3 Å². The highest BCUT2D eigenvalue weighted by Crippen LogP contribution is 2.16. The number of amides is 2. The number of carbonyl (C=O) groups excluding carboxylic acids is 2. The van der Waals surface area contributed by atoms with Crippen LogP contribution in [0.2, 0.25) is 0 Å². The fourth-order valence-electron chi connectivity index (χ4n) is 2.51. The van der Waals surface area contributed by atoms with Gasteiger partial charge in [-0.1, -0.05) is 26.0 Å². The first-order valence-electron chi connectivity index (χ1n) is 8.42. The van der Waals surface area contributed by atoms with Gasteiger partial charge in [0.25, 0.3) is 5.69 Å². The molecule has 1 aromatic rings. The normalized spacial score (nSPS) is 12.0. The van der Waals surface area contributed by atoms with Crippen molar-refractivity contribution in [2.45, 2.75) is 45.7 Å². The van der Waals surface area contributed by atoms with E-state index in [4.69, 9.17) is 5.73 Å². The number of non-ortho nitro benzene ring substituents is 1. The van der Waals surface area contributed by atoms with Crippen molar-refractivity contribution in [3.8, 4) is 0 Å². The molecule has 3 N–H and O–H groups in total. The van der Waals surface area contributed by atoms with Crippen LogP contribution in [-0.4, -0.2) is 40.8 Å². The molecule has 0 aromatic heterocycles. The number of primary amides is 1. The molecule has 0 radical (unpaired) electrons. The van der Waals surface area contributed by atoms with Crippen LogP contribution >= 0.6 is 0 Å². The molecule has 0 saturated heterocycles. The van der Waals surface area contributed by atoms with Gasteiger partial charge in [-0.05, 0) is 24.9 Å². The molecule has 1 atom stereocenters. The van der Waals surface area contributed by atoms with Crippen molar-refractivity contribution in [3.05, 3.63) is 39.9 Å². The summed E-state index contributed by atoms with van der Waals surface area (Å²) in [5.41, 5.74) is 6.34. The van der Waals surface area contributed by atoms with Gasteiger partial charge < -0.3 is 11.1 Å². The molecule has 0 saturated carbocycles. The first kappa shape index (κ1) is 20.6. The average molecular weight is 350 g/mol. The highest BCUT2D eigenvalue weighted by Gasteiger charge is 2.26. The summed E-state index contributed by atoms with van der Waals surface area (Å²) in [5, 5.41) is 13.5. The van der Waals surface area contributed by atoms with Crippen molar-refractivity contribution in [1.82, 2.24) is 10.2 Å². The maximum absolute atomic E-state index is 12.0. The zero-order valence-electron chi connectivity index (χ0n) is 14.7. The minimum atomic E-state index is -0.716. The van der Waals surface area contributed by atoms with Crippen LogP contribution < -0.4 is 11.1 Å². The summed E-state index contributed by atoms with van der Waals surface area (Å²) in [6.45, 7) is 5.45. The van der Waals surface area contributed by atoms with E-state index in [1.807, 2.05) is 18.7 Å². The zero-order chi connectivity index (χ0) is 18.8. The lowest BCUT2D eigenvalue weighted by atomic mass is 10.1. The molecule has 0 aliphatic heterocycles. The Kier molecular flexibility index (Phi) is 8.55. The molecule has 1 rings (SSSR count). The van der Waals surface area contributed by atoms with Crippen LogP contribution in [0.1, 0.15) is 38.7 Å². The third-order valence-corrected chi connectivity index (χ3v) is 3.76. The highest BCUT2D eigenvalue weighted by molar-refractivity contribution is 5.87. The maximum atomic E-state index is 12.0. The number of nitro groups is 1. The van der Waals surface area contributed by atoms with Gasteiger partial charge in [0, 0.05) is 25.2 Å². The monoisotopic (exact) mass is 350 g/mol. The van der Waals surface area contributed by atoms with Crippen molar-refractivity contribution >= 4 is 17.5 Å². The molecule has 0 heterocycles. The number of carbonyl (C=O) groups is 2. The van der Waals surface area contributed by atoms with Gasteiger partial charge in [-0.3, -0.25) is 24.6 Å². The van der Waals surface area contributed by atoms with Crippen molar-refractivity contribution in [2.24, 2.45) is 5.73 Å². The Morgan fingerprint density at radius 1 is 1.24 bits per heavy atom. The molecule has 0 spiro atoms. The second-order valence-electron chi connectivity index (χ2n) is 5.87. The summed E-state index contributed by atoms with van der Waals surface area (Å²) >= 11 is 0. The fraction of sp³-hybridized carbons (Fsp3) is 0.529. The van der Waals surface area contributed by atoms with E-state index >= 15 is 0 Å². The van der Waals surface area contributed by atoms with Crippen molar-refractivity contribution in [1.29, 1.82) is 0 Å². The van der Waals surface area contributed by atoms with E-state index < -0.39 is 16.9 Å². The molecule has 0 aliphatic carbocycles. The smallest absolute Gasteiger partial charge is 0.269 e. The number of nitrogens with two attached hydrogens (primary N) is 1. The SMILES string of the molecule is CCCNC(=O)C[C@@H](C(N)=O)N(CCC)Cc1ccc([N+](=O)[O-])cc1. The van der Waals surface area contributed by atoms with Gasteiger partial charge in [-0.2, -0.15) is 0 Å². The Morgan fingerprint density at radius 2 is 1.88 bits per heavy atom. The quantitative estimate of drug-likeness (QED) is 0.464. The van der Waals surface area contributed by atoms with E-state index in [1.54, 1.807) is 12.1 Å². The predicted octanol–water partition coefficient (Wildman–Crippen LogP) is 1.58. The summed E-state index contributed by atoms with van der Waals surface area (Å²) < 4.78 is 0. The number of hydrogen-bond acceptors (Lipinski definition) is 5. The first-order chi connectivity index (χ1) is 11.9. The van der Waals surface area contributed by atoms with Crippen molar-refractivity contribution in [2.75, 3.05) is 13.1 Å². The van der Waals surface area contributed by atoms with Crippen LogP contribution in [0.4, 0.5) is 5.69 Å². The minimum Gasteiger partial charge on any atom is -0.368 e. The van der Waals surface area contributed by atoms with E-state index in [2.05, 4.69) is 5.32 Å². The molecule has 2 amide bonds. The van der Waals surface area contributed by atoms with Gasteiger partial charge in [0.2, 0.25) is 11.8 Å². The van der Waals surface area contributed by atoms with E-state index in [0.717, 1.165) is 18.4 Å². The third kappa shape index (κ3) is 6.88. The molecule has 0 bridgehead atoms. The topological polar surface area (TPSA) is 119 Å². The lowest BCUT2D eigenvalue weighted by Gasteiger charge is -2.29. The highest BCUT2D eigenvalue weighted by atomic mass is 16.6. The first-order valence-corrected chi connectivity index (χ1v) is 8.42. The van der Waals surface area contributed by atoms with Gasteiger partial charge in [-0.15, -0.1) is 0 Å².